The molecule has 0 saturated heterocycles. The first-order chi connectivity index (χ1) is 7.06. The largest absolute Gasteiger partial charge is 0.463 e. The van der Waals surface area contributed by atoms with Crippen molar-refractivity contribution in [2.24, 2.45) is 5.92 Å². The molecule has 0 radical (unpaired) electrons. The smallest absolute Gasteiger partial charge is 0.330 e. The van der Waals surface area contributed by atoms with Crippen molar-refractivity contribution < 1.29 is 18.3 Å². The van der Waals surface area contributed by atoms with E-state index in [1.54, 1.807) is 0 Å². The summed E-state index contributed by atoms with van der Waals surface area (Å²) in [5.41, 5.74) is 0. The van der Waals surface area contributed by atoms with E-state index in [9.17, 15) is 13.6 Å². The molecular formula is C11H16F2O2. The van der Waals surface area contributed by atoms with E-state index in [2.05, 4.69) is 0 Å². The zero-order chi connectivity index (χ0) is 11.3. The lowest BCUT2D eigenvalue weighted by Crippen LogP contribution is -2.02. The number of esters is 1. The number of allylic oxidation sites excluding steroid dienone is 1. The second-order valence-electron chi connectivity index (χ2n) is 3.82. The molecule has 2 nitrogen and oxygen atoms in total. The van der Waals surface area contributed by atoms with Crippen molar-refractivity contribution >= 4 is 5.97 Å². The van der Waals surface area contributed by atoms with Gasteiger partial charge in [-0.15, -0.1) is 0 Å². The second kappa shape index (κ2) is 5.24. The molecule has 1 saturated carbocycles. The van der Waals surface area contributed by atoms with Crippen molar-refractivity contribution in [2.75, 3.05) is 6.61 Å². The van der Waals surface area contributed by atoms with Crippen LogP contribution in [0.25, 0.3) is 0 Å². The highest BCUT2D eigenvalue weighted by Gasteiger charge is 2.55. The molecule has 0 aromatic heterocycles. The van der Waals surface area contributed by atoms with E-state index in [-0.39, 0.29) is 12.8 Å². The van der Waals surface area contributed by atoms with Crippen LogP contribution in [0.5, 0.6) is 0 Å². The van der Waals surface area contributed by atoms with Crippen LogP contribution in [0.1, 0.15) is 32.6 Å². The summed E-state index contributed by atoms with van der Waals surface area (Å²) in [7, 11) is 0. The molecule has 1 fully saturated rings. The topological polar surface area (TPSA) is 26.3 Å². The Morgan fingerprint density at radius 3 is 2.80 bits per heavy atom. The molecule has 1 aliphatic rings. The van der Waals surface area contributed by atoms with Crippen molar-refractivity contribution in [1.29, 1.82) is 0 Å². The lowest BCUT2D eigenvalue weighted by molar-refractivity contribution is -0.137. The molecule has 0 bridgehead atoms. The van der Waals surface area contributed by atoms with Gasteiger partial charge in [0.15, 0.2) is 0 Å². The Hall–Kier alpha value is -0.930. The number of alkyl halides is 2. The number of carbonyl (C=O) groups excluding carboxylic acids is 1. The van der Waals surface area contributed by atoms with E-state index in [4.69, 9.17) is 4.74 Å². The van der Waals surface area contributed by atoms with Gasteiger partial charge in [-0.3, -0.25) is 0 Å². The molecule has 0 amide bonds. The summed E-state index contributed by atoms with van der Waals surface area (Å²) < 4.78 is 29.7. The molecule has 0 N–H and O–H groups in total. The maximum Gasteiger partial charge on any atom is 0.330 e. The first-order valence-corrected chi connectivity index (χ1v) is 5.27. The normalized spacial score (nSPS) is 23.0. The zero-order valence-electron chi connectivity index (χ0n) is 8.84. The van der Waals surface area contributed by atoms with Gasteiger partial charge in [-0.1, -0.05) is 19.4 Å². The number of rotatable bonds is 6. The zero-order valence-corrected chi connectivity index (χ0v) is 8.84. The summed E-state index contributed by atoms with van der Waals surface area (Å²) in [5.74, 6) is -3.51. The molecule has 1 aliphatic carbocycles. The van der Waals surface area contributed by atoms with Gasteiger partial charge in [0.2, 0.25) is 0 Å². The Balaban J connectivity index is 2.07. The quantitative estimate of drug-likeness (QED) is 0.389. The van der Waals surface area contributed by atoms with Crippen LogP contribution in [0.15, 0.2) is 12.2 Å². The minimum atomic E-state index is -2.50. The molecule has 1 rings (SSSR count). The van der Waals surface area contributed by atoms with Crippen LogP contribution in [0, 0.1) is 5.92 Å². The summed E-state index contributed by atoms with van der Waals surface area (Å²) in [6.07, 6.45) is 4.72. The maximum atomic E-state index is 12.4. The molecular weight excluding hydrogens is 202 g/mol. The van der Waals surface area contributed by atoms with E-state index < -0.39 is 17.8 Å². The molecule has 0 spiro atoms. The van der Waals surface area contributed by atoms with Crippen LogP contribution in [-0.2, 0) is 9.53 Å². The fraction of sp³-hybridized carbons (Fsp3) is 0.727. The SMILES string of the molecule is CCCCOC(=O)/C=C/CC1CC1(F)F. The minimum absolute atomic E-state index is 0.0534. The molecule has 86 valence electrons. The first kappa shape index (κ1) is 12.1. The third-order valence-corrected chi connectivity index (χ3v) is 2.37. The summed E-state index contributed by atoms with van der Waals surface area (Å²) in [6.45, 7) is 2.40. The van der Waals surface area contributed by atoms with Crippen LogP contribution in [0.4, 0.5) is 8.78 Å². The van der Waals surface area contributed by atoms with Crippen LogP contribution in [0.3, 0.4) is 0 Å². The second-order valence-corrected chi connectivity index (χ2v) is 3.82. The van der Waals surface area contributed by atoms with Crippen molar-refractivity contribution in [3.05, 3.63) is 12.2 Å². The average molecular weight is 218 g/mol. The summed E-state index contributed by atoms with van der Waals surface area (Å²) in [4.78, 5) is 11.0. The molecule has 0 aromatic rings. The van der Waals surface area contributed by atoms with Gasteiger partial charge in [-0.05, 0) is 12.8 Å². The highest BCUT2D eigenvalue weighted by atomic mass is 19.3. The molecule has 15 heavy (non-hydrogen) atoms. The number of unbranched alkanes of at least 4 members (excludes halogenated alkanes) is 1. The van der Waals surface area contributed by atoms with E-state index in [1.807, 2.05) is 6.92 Å². The molecule has 0 aliphatic heterocycles. The highest BCUT2D eigenvalue weighted by Crippen LogP contribution is 2.50. The summed E-state index contributed by atoms with van der Waals surface area (Å²) in [5, 5.41) is 0. The first-order valence-electron chi connectivity index (χ1n) is 5.27. The van der Waals surface area contributed by atoms with Gasteiger partial charge < -0.3 is 4.74 Å². The average Bonchev–Trinajstić information content (AvgIpc) is 2.74. The number of ether oxygens (including phenoxy) is 1. The third-order valence-electron chi connectivity index (χ3n) is 2.37. The molecule has 0 aromatic carbocycles. The van der Waals surface area contributed by atoms with Gasteiger partial charge in [0, 0.05) is 18.4 Å². The third kappa shape index (κ3) is 4.40. The van der Waals surface area contributed by atoms with Gasteiger partial charge in [-0.2, -0.15) is 0 Å². The summed E-state index contributed by atoms with van der Waals surface area (Å²) in [6, 6.07) is 0. The standard InChI is InChI=1S/C11H16F2O2/c1-2-3-7-15-10(14)6-4-5-9-8-11(9,12)13/h4,6,9H,2-3,5,7-8H2,1H3/b6-4+. The predicted molar refractivity (Wildman–Crippen MR) is 52.7 cm³/mol. The monoisotopic (exact) mass is 218 g/mol. The van der Waals surface area contributed by atoms with Gasteiger partial charge in [-0.25, -0.2) is 13.6 Å². The van der Waals surface area contributed by atoms with Crippen LogP contribution in [-0.4, -0.2) is 18.5 Å². The van der Waals surface area contributed by atoms with Crippen molar-refractivity contribution in [3.63, 3.8) is 0 Å². The number of hydrogen-bond acceptors (Lipinski definition) is 2. The Kier molecular flexibility index (Phi) is 4.24. The lowest BCUT2D eigenvalue weighted by atomic mass is 10.2. The van der Waals surface area contributed by atoms with E-state index >= 15 is 0 Å². The fourth-order valence-corrected chi connectivity index (χ4v) is 1.22. The van der Waals surface area contributed by atoms with E-state index in [0.29, 0.717) is 6.61 Å². The maximum absolute atomic E-state index is 12.4. The van der Waals surface area contributed by atoms with E-state index in [1.165, 1.54) is 12.2 Å². The van der Waals surface area contributed by atoms with Gasteiger partial charge in [0.05, 0.1) is 6.61 Å². The Morgan fingerprint density at radius 1 is 1.60 bits per heavy atom. The predicted octanol–water partition coefficient (Wildman–Crippen LogP) is 2.93. The van der Waals surface area contributed by atoms with Gasteiger partial charge in [0.1, 0.15) is 0 Å². The highest BCUT2D eigenvalue weighted by molar-refractivity contribution is 5.81. The van der Waals surface area contributed by atoms with Crippen LogP contribution >= 0.6 is 0 Å². The molecule has 0 heterocycles. The van der Waals surface area contributed by atoms with Crippen molar-refractivity contribution in [1.82, 2.24) is 0 Å². The number of carbonyl (C=O) groups is 1. The van der Waals surface area contributed by atoms with E-state index in [0.717, 1.165) is 12.8 Å². The molecule has 4 heteroatoms. The van der Waals surface area contributed by atoms with Crippen molar-refractivity contribution in [3.8, 4) is 0 Å². The van der Waals surface area contributed by atoms with Crippen LogP contribution in [0.2, 0.25) is 0 Å². The molecule has 1 unspecified atom stereocenters. The minimum Gasteiger partial charge on any atom is -0.463 e. The fourth-order valence-electron chi connectivity index (χ4n) is 1.22. The molecule has 1 atom stereocenters. The Bertz CT molecular complexity index is 249. The Morgan fingerprint density at radius 2 is 2.27 bits per heavy atom. The Labute approximate surface area is 88.3 Å². The van der Waals surface area contributed by atoms with Gasteiger partial charge >= 0.3 is 5.97 Å². The number of hydrogen-bond donors (Lipinski definition) is 0. The lowest BCUT2D eigenvalue weighted by Gasteiger charge is -1.98. The van der Waals surface area contributed by atoms with Crippen LogP contribution < -0.4 is 0 Å². The number of halogens is 2. The summed E-state index contributed by atoms with van der Waals surface area (Å²) >= 11 is 0. The van der Waals surface area contributed by atoms with Gasteiger partial charge in [0.25, 0.3) is 5.92 Å². The van der Waals surface area contributed by atoms with Crippen molar-refractivity contribution in [2.45, 2.75) is 38.5 Å².